The number of nitrogens with zero attached hydrogens (tertiary/aromatic N) is 3. The van der Waals surface area contributed by atoms with Crippen molar-refractivity contribution in [1.82, 2.24) is 20.4 Å². The molecular formula is C18H37N5. The van der Waals surface area contributed by atoms with Crippen molar-refractivity contribution < 1.29 is 0 Å². The molecule has 0 bridgehead atoms. The lowest BCUT2D eigenvalue weighted by molar-refractivity contribution is 0.109. The van der Waals surface area contributed by atoms with Gasteiger partial charge in [-0.25, -0.2) is 0 Å². The van der Waals surface area contributed by atoms with Gasteiger partial charge in [-0.15, -0.1) is 0 Å². The Kier molecular flexibility index (Phi) is 8.17. The van der Waals surface area contributed by atoms with Gasteiger partial charge in [-0.05, 0) is 33.2 Å². The Hall–Kier alpha value is -0.810. The van der Waals surface area contributed by atoms with Crippen LogP contribution in [0.4, 0.5) is 0 Å². The van der Waals surface area contributed by atoms with E-state index in [1.165, 1.54) is 64.8 Å². The van der Waals surface area contributed by atoms with E-state index in [1.807, 2.05) is 0 Å². The van der Waals surface area contributed by atoms with Crippen molar-refractivity contribution in [2.24, 2.45) is 4.99 Å². The second-order valence-electron chi connectivity index (χ2n) is 7.02. The second kappa shape index (κ2) is 10.1. The molecule has 2 fully saturated rings. The summed E-state index contributed by atoms with van der Waals surface area (Å²) in [6.07, 6.45) is 6.69. The molecular weight excluding hydrogens is 286 g/mol. The lowest BCUT2D eigenvalue weighted by Crippen LogP contribution is -2.50. The Labute approximate surface area is 142 Å². The summed E-state index contributed by atoms with van der Waals surface area (Å²) in [6, 6.07) is 1.14. The first-order chi connectivity index (χ1) is 11.2. The monoisotopic (exact) mass is 323 g/mol. The van der Waals surface area contributed by atoms with Gasteiger partial charge in [0.2, 0.25) is 0 Å². The van der Waals surface area contributed by atoms with Gasteiger partial charge in [0.05, 0.1) is 6.54 Å². The van der Waals surface area contributed by atoms with Crippen molar-refractivity contribution in [3.05, 3.63) is 0 Å². The van der Waals surface area contributed by atoms with Gasteiger partial charge in [0, 0.05) is 44.8 Å². The average molecular weight is 324 g/mol. The topological polar surface area (TPSA) is 42.9 Å². The van der Waals surface area contributed by atoms with Crippen molar-refractivity contribution in [3.63, 3.8) is 0 Å². The number of nitrogens with one attached hydrogen (secondary N) is 2. The van der Waals surface area contributed by atoms with Crippen molar-refractivity contribution in [2.45, 2.75) is 65.0 Å². The van der Waals surface area contributed by atoms with Gasteiger partial charge in [0.15, 0.2) is 5.96 Å². The molecule has 0 spiro atoms. The first-order valence-corrected chi connectivity index (χ1v) is 9.74. The van der Waals surface area contributed by atoms with Crippen LogP contribution in [0.25, 0.3) is 0 Å². The van der Waals surface area contributed by atoms with Gasteiger partial charge in [-0.1, -0.05) is 26.2 Å². The highest BCUT2D eigenvalue weighted by Crippen LogP contribution is 2.17. The number of hydrogen-bond donors (Lipinski definition) is 2. The Morgan fingerprint density at radius 3 is 2.39 bits per heavy atom. The van der Waals surface area contributed by atoms with Crippen LogP contribution in [-0.2, 0) is 0 Å². The summed E-state index contributed by atoms with van der Waals surface area (Å²) >= 11 is 0. The normalized spacial score (nSPS) is 23.7. The fraction of sp³-hybridized carbons (Fsp3) is 0.944. The zero-order valence-corrected chi connectivity index (χ0v) is 15.5. The second-order valence-corrected chi connectivity index (χ2v) is 7.02. The summed E-state index contributed by atoms with van der Waals surface area (Å²) in [5.41, 5.74) is 0. The fourth-order valence-corrected chi connectivity index (χ4v) is 3.62. The zero-order valence-electron chi connectivity index (χ0n) is 15.5. The Morgan fingerprint density at radius 2 is 1.78 bits per heavy atom. The molecule has 0 aromatic rings. The Balaban J connectivity index is 1.79. The van der Waals surface area contributed by atoms with Crippen molar-refractivity contribution in [2.75, 3.05) is 45.8 Å². The minimum atomic E-state index is 0.524. The third kappa shape index (κ3) is 6.30. The van der Waals surface area contributed by atoms with E-state index in [0.717, 1.165) is 19.0 Å². The lowest BCUT2D eigenvalue weighted by atomic mass is 9.96. The molecule has 1 saturated heterocycles. The summed E-state index contributed by atoms with van der Waals surface area (Å²) in [4.78, 5) is 9.97. The van der Waals surface area contributed by atoms with Gasteiger partial charge >= 0.3 is 0 Å². The zero-order chi connectivity index (χ0) is 16.5. The standard InChI is InChI=1S/C18H37N5/c1-4-19-18(21-17-9-7-6-8-10-17)20-15-16(3)23-13-11-22(5-2)12-14-23/h16-17H,4-15H2,1-3H3,(H2,19,20,21). The lowest BCUT2D eigenvalue weighted by Gasteiger charge is -2.37. The Bertz CT molecular complexity index is 343. The van der Waals surface area contributed by atoms with Crippen LogP contribution < -0.4 is 10.6 Å². The molecule has 1 unspecified atom stereocenters. The van der Waals surface area contributed by atoms with E-state index < -0.39 is 0 Å². The molecule has 0 radical (unpaired) electrons. The molecule has 1 atom stereocenters. The quantitative estimate of drug-likeness (QED) is 0.579. The van der Waals surface area contributed by atoms with Crippen LogP contribution in [0.3, 0.4) is 0 Å². The number of hydrogen-bond acceptors (Lipinski definition) is 3. The van der Waals surface area contributed by atoms with E-state index in [2.05, 4.69) is 41.2 Å². The predicted octanol–water partition coefficient (Wildman–Crippen LogP) is 1.90. The SMILES string of the molecule is CCNC(=NCC(C)N1CCN(CC)CC1)NC1CCCCC1. The molecule has 0 amide bonds. The first-order valence-electron chi connectivity index (χ1n) is 9.74. The first kappa shape index (κ1) is 18.5. The molecule has 1 saturated carbocycles. The highest BCUT2D eigenvalue weighted by molar-refractivity contribution is 5.80. The van der Waals surface area contributed by atoms with Gasteiger partial charge in [0.25, 0.3) is 0 Å². The maximum Gasteiger partial charge on any atom is 0.191 e. The van der Waals surface area contributed by atoms with Crippen LogP contribution in [0.2, 0.25) is 0 Å². The molecule has 2 N–H and O–H groups in total. The minimum Gasteiger partial charge on any atom is -0.357 e. The van der Waals surface area contributed by atoms with Crippen molar-refractivity contribution in [1.29, 1.82) is 0 Å². The summed E-state index contributed by atoms with van der Waals surface area (Å²) in [7, 11) is 0. The fourth-order valence-electron chi connectivity index (χ4n) is 3.62. The van der Waals surface area contributed by atoms with E-state index in [0.29, 0.717) is 12.1 Å². The molecule has 1 aliphatic carbocycles. The van der Waals surface area contributed by atoms with Gasteiger partial charge in [0.1, 0.15) is 0 Å². The van der Waals surface area contributed by atoms with Crippen molar-refractivity contribution >= 4 is 5.96 Å². The Morgan fingerprint density at radius 1 is 1.09 bits per heavy atom. The predicted molar refractivity (Wildman–Crippen MR) is 99.1 cm³/mol. The molecule has 1 aliphatic heterocycles. The molecule has 0 aromatic carbocycles. The molecule has 5 heteroatoms. The van der Waals surface area contributed by atoms with Crippen LogP contribution in [0, 0.1) is 0 Å². The third-order valence-electron chi connectivity index (χ3n) is 5.28. The van der Waals surface area contributed by atoms with Crippen LogP contribution in [0.1, 0.15) is 52.9 Å². The van der Waals surface area contributed by atoms with Crippen LogP contribution in [0.5, 0.6) is 0 Å². The van der Waals surface area contributed by atoms with Gasteiger partial charge in [-0.2, -0.15) is 0 Å². The minimum absolute atomic E-state index is 0.524. The number of piperazine rings is 1. The molecule has 134 valence electrons. The maximum atomic E-state index is 4.86. The smallest absolute Gasteiger partial charge is 0.191 e. The maximum absolute atomic E-state index is 4.86. The van der Waals surface area contributed by atoms with Gasteiger partial charge in [-0.3, -0.25) is 9.89 Å². The molecule has 5 nitrogen and oxygen atoms in total. The number of likely N-dealkylation sites (N-methyl/N-ethyl adjacent to an activating group) is 1. The van der Waals surface area contributed by atoms with E-state index in [4.69, 9.17) is 4.99 Å². The molecule has 2 rings (SSSR count). The molecule has 23 heavy (non-hydrogen) atoms. The van der Waals surface area contributed by atoms with E-state index in [1.54, 1.807) is 0 Å². The molecule has 2 aliphatic rings. The average Bonchev–Trinajstić information content (AvgIpc) is 2.60. The third-order valence-corrected chi connectivity index (χ3v) is 5.28. The van der Waals surface area contributed by atoms with Gasteiger partial charge < -0.3 is 15.5 Å². The highest BCUT2D eigenvalue weighted by Gasteiger charge is 2.20. The van der Waals surface area contributed by atoms with E-state index in [-0.39, 0.29) is 0 Å². The van der Waals surface area contributed by atoms with Crippen LogP contribution in [0.15, 0.2) is 4.99 Å². The summed E-state index contributed by atoms with van der Waals surface area (Å²) < 4.78 is 0. The van der Waals surface area contributed by atoms with Crippen LogP contribution >= 0.6 is 0 Å². The largest absolute Gasteiger partial charge is 0.357 e. The summed E-state index contributed by atoms with van der Waals surface area (Å²) in [6.45, 7) is 14.5. The highest BCUT2D eigenvalue weighted by atomic mass is 15.3. The van der Waals surface area contributed by atoms with Crippen molar-refractivity contribution in [3.8, 4) is 0 Å². The van der Waals surface area contributed by atoms with E-state index >= 15 is 0 Å². The number of guanidine groups is 1. The number of rotatable bonds is 6. The van der Waals surface area contributed by atoms with Crippen LogP contribution in [-0.4, -0.2) is 73.7 Å². The summed E-state index contributed by atoms with van der Waals surface area (Å²) in [5.74, 6) is 1.01. The number of aliphatic imine (C=N–C) groups is 1. The van der Waals surface area contributed by atoms with E-state index in [9.17, 15) is 0 Å². The molecule has 0 aromatic heterocycles. The molecule has 1 heterocycles. The summed E-state index contributed by atoms with van der Waals surface area (Å²) in [5, 5.41) is 7.06.